The van der Waals surface area contributed by atoms with E-state index in [0.717, 1.165) is 16.9 Å². The minimum Gasteiger partial charge on any atom is -0.497 e. The number of methoxy groups -OCH3 is 1. The summed E-state index contributed by atoms with van der Waals surface area (Å²) in [6.45, 7) is 4.14. The summed E-state index contributed by atoms with van der Waals surface area (Å²) in [5.74, 6) is 1.13. The lowest BCUT2D eigenvalue weighted by Crippen LogP contribution is -2.38. The van der Waals surface area contributed by atoms with E-state index in [9.17, 15) is 9.59 Å². The van der Waals surface area contributed by atoms with E-state index in [4.69, 9.17) is 9.47 Å². The number of benzene rings is 2. The normalized spacial score (nSPS) is 12.7. The van der Waals surface area contributed by atoms with Gasteiger partial charge in [-0.05, 0) is 35.9 Å². The maximum Gasteiger partial charge on any atom is 0.265 e. The molecule has 0 saturated heterocycles. The lowest BCUT2D eigenvalue weighted by Gasteiger charge is -2.28. The second kappa shape index (κ2) is 9.01. The van der Waals surface area contributed by atoms with Crippen LogP contribution in [0.15, 0.2) is 60.5 Å². The lowest BCUT2D eigenvalue weighted by atomic mass is 10.1. The summed E-state index contributed by atoms with van der Waals surface area (Å²) in [7, 11) is 1.60. The van der Waals surface area contributed by atoms with E-state index in [2.05, 4.69) is 16.9 Å². The van der Waals surface area contributed by atoms with Crippen molar-refractivity contribution in [2.24, 2.45) is 0 Å². The van der Waals surface area contributed by atoms with Crippen LogP contribution in [0.1, 0.15) is 5.56 Å². The van der Waals surface area contributed by atoms with Gasteiger partial charge in [-0.25, -0.2) is 4.98 Å². The number of carbonyl (C=O) groups excluding carboxylic acids is 2. The molecule has 8 heteroatoms. The SMILES string of the molecule is C=CCN1C(=O)COc2ccc(-c3csc(NC(=O)Cc4ccc(OC)cc4)n3)cc21. The summed E-state index contributed by atoms with van der Waals surface area (Å²) >= 11 is 1.35. The average molecular weight is 436 g/mol. The van der Waals surface area contributed by atoms with Gasteiger partial charge in [0.15, 0.2) is 11.7 Å². The molecule has 3 aromatic rings. The number of hydrogen-bond acceptors (Lipinski definition) is 6. The first-order valence-corrected chi connectivity index (χ1v) is 10.5. The summed E-state index contributed by atoms with van der Waals surface area (Å²) in [4.78, 5) is 30.7. The molecular weight excluding hydrogens is 414 g/mol. The van der Waals surface area contributed by atoms with Crippen molar-refractivity contribution in [1.82, 2.24) is 4.98 Å². The smallest absolute Gasteiger partial charge is 0.265 e. The van der Waals surface area contributed by atoms with Crippen molar-refractivity contribution >= 4 is 34.0 Å². The fraction of sp³-hybridized carbons (Fsp3) is 0.174. The molecule has 2 amide bonds. The standard InChI is InChI=1S/C23H21N3O4S/c1-3-10-26-19-12-16(6-9-20(19)30-13-22(26)28)18-14-31-23(24-18)25-21(27)11-15-4-7-17(29-2)8-5-15/h3-9,12,14H,1,10-11,13H2,2H3,(H,24,25,27). The monoisotopic (exact) mass is 435 g/mol. The maximum atomic E-state index is 12.4. The number of nitrogens with zero attached hydrogens (tertiary/aromatic N) is 2. The minimum atomic E-state index is -0.146. The molecule has 2 aromatic carbocycles. The first-order valence-electron chi connectivity index (χ1n) is 9.64. The van der Waals surface area contributed by atoms with Gasteiger partial charge in [-0.15, -0.1) is 17.9 Å². The first-order chi connectivity index (χ1) is 15.1. The Bertz CT molecular complexity index is 1120. The highest BCUT2D eigenvalue weighted by Crippen LogP contribution is 2.36. The predicted molar refractivity (Wildman–Crippen MR) is 121 cm³/mol. The molecule has 0 saturated carbocycles. The van der Waals surface area contributed by atoms with Crippen molar-refractivity contribution < 1.29 is 19.1 Å². The lowest BCUT2D eigenvalue weighted by molar-refractivity contribution is -0.121. The fourth-order valence-electron chi connectivity index (χ4n) is 3.25. The van der Waals surface area contributed by atoms with Gasteiger partial charge in [0.25, 0.3) is 5.91 Å². The van der Waals surface area contributed by atoms with Crippen LogP contribution in [0, 0.1) is 0 Å². The Balaban J connectivity index is 1.47. The molecule has 0 bridgehead atoms. The molecule has 1 aliphatic heterocycles. The van der Waals surface area contributed by atoms with Crippen molar-refractivity contribution in [1.29, 1.82) is 0 Å². The van der Waals surface area contributed by atoms with Crippen molar-refractivity contribution in [2.75, 3.05) is 30.5 Å². The first kappa shape index (κ1) is 20.6. The zero-order valence-electron chi connectivity index (χ0n) is 17.0. The van der Waals surface area contributed by atoms with E-state index in [1.54, 1.807) is 18.1 Å². The van der Waals surface area contributed by atoms with Crippen LogP contribution in [0.5, 0.6) is 11.5 Å². The van der Waals surface area contributed by atoms with Gasteiger partial charge in [0, 0.05) is 17.5 Å². The summed E-state index contributed by atoms with van der Waals surface area (Å²) in [5, 5.41) is 5.23. The highest BCUT2D eigenvalue weighted by atomic mass is 32.1. The number of fused-ring (bicyclic) bond motifs is 1. The molecule has 31 heavy (non-hydrogen) atoms. The third-order valence-electron chi connectivity index (χ3n) is 4.78. The summed E-state index contributed by atoms with van der Waals surface area (Å²) < 4.78 is 10.7. The Kier molecular flexibility index (Phi) is 5.99. The zero-order chi connectivity index (χ0) is 21.8. The van der Waals surface area contributed by atoms with E-state index in [-0.39, 0.29) is 24.8 Å². The Hall–Kier alpha value is -3.65. The molecule has 0 spiro atoms. The number of aromatic nitrogens is 1. The van der Waals surface area contributed by atoms with Crippen LogP contribution in [0.3, 0.4) is 0 Å². The summed E-state index contributed by atoms with van der Waals surface area (Å²) in [6.07, 6.45) is 1.92. The number of anilines is 2. The van der Waals surface area contributed by atoms with Crippen molar-refractivity contribution in [3.05, 3.63) is 66.1 Å². The molecule has 158 valence electrons. The molecule has 4 rings (SSSR count). The van der Waals surface area contributed by atoms with E-state index >= 15 is 0 Å². The Morgan fingerprint density at radius 3 is 2.87 bits per heavy atom. The van der Waals surface area contributed by atoms with E-state index in [1.807, 2.05) is 47.8 Å². The quantitative estimate of drug-likeness (QED) is 0.569. The van der Waals surface area contributed by atoms with Crippen LogP contribution in [-0.2, 0) is 16.0 Å². The fourth-order valence-corrected chi connectivity index (χ4v) is 3.98. The van der Waals surface area contributed by atoms with Gasteiger partial charge in [0.1, 0.15) is 11.5 Å². The number of carbonyl (C=O) groups is 2. The molecule has 0 fully saturated rings. The number of thiazole rings is 1. The third kappa shape index (κ3) is 4.59. The number of ether oxygens (including phenoxy) is 2. The highest BCUT2D eigenvalue weighted by molar-refractivity contribution is 7.14. The molecule has 7 nitrogen and oxygen atoms in total. The predicted octanol–water partition coefficient (Wildman–Crippen LogP) is 3.91. The van der Waals surface area contributed by atoms with Gasteiger partial charge in [0.05, 0.1) is 24.9 Å². The highest BCUT2D eigenvalue weighted by Gasteiger charge is 2.25. The van der Waals surface area contributed by atoms with E-state index < -0.39 is 0 Å². The largest absolute Gasteiger partial charge is 0.497 e. The summed E-state index contributed by atoms with van der Waals surface area (Å²) in [5.41, 5.74) is 3.12. The van der Waals surface area contributed by atoms with Crippen LogP contribution < -0.4 is 19.7 Å². The van der Waals surface area contributed by atoms with E-state index in [0.29, 0.717) is 28.8 Å². The second-order valence-electron chi connectivity index (χ2n) is 6.88. The molecule has 1 aliphatic rings. The average Bonchev–Trinajstić information content (AvgIpc) is 3.24. The van der Waals surface area contributed by atoms with Gasteiger partial charge < -0.3 is 19.7 Å². The second-order valence-corrected chi connectivity index (χ2v) is 7.73. The molecule has 2 heterocycles. The van der Waals surface area contributed by atoms with Crippen LogP contribution in [-0.4, -0.2) is 37.1 Å². The molecule has 0 radical (unpaired) electrons. The van der Waals surface area contributed by atoms with Gasteiger partial charge in [-0.1, -0.05) is 18.2 Å². The van der Waals surface area contributed by atoms with Crippen LogP contribution in [0.25, 0.3) is 11.3 Å². The van der Waals surface area contributed by atoms with Crippen LogP contribution in [0.4, 0.5) is 10.8 Å². The van der Waals surface area contributed by atoms with Gasteiger partial charge in [-0.3, -0.25) is 9.59 Å². The Morgan fingerprint density at radius 2 is 2.13 bits per heavy atom. The molecule has 0 aliphatic carbocycles. The van der Waals surface area contributed by atoms with E-state index in [1.165, 1.54) is 11.3 Å². The topological polar surface area (TPSA) is 80.8 Å². The Morgan fingerprint density at radius 1 is 1.32 bits per heavy atom. The van der Waals surface area contributed by atoms with Gasteiger partial charge in [0.2, 0.25) is 5.91 Å². The maximum absolute atomic E-state index is 12.4. The van der Waals surface area contributed by atoms with Gasteiger partial charge in [-0.2, -0.15) is 0 Å². The number of hydrogen-bond donors (Lipinski definition) is 1. The summed E-state index contributed by atoms with van der Waals surface area (Å²) in [6, 6.07) is 12.9. The molecule has 0 unspecified atom stereocenters. The van der Waals surface area contributed by atoms with Crippen molar-refractivity contribution in [3.8, 4) is 22.8 Å². The third-order valence-corrected chi connectivity index (χ3v) is 5.54. The van der Waals surface area contributed by atoms with Crippen molar-refractivity contribution in [2.45, 2.75) is 6.42 Å². The number of amides is 2. The Labute approximate surface area is 183 Å². The number of rotatable bonds is 7. The molecule has 0 atom stereocenters. The van der Waals surface area contributed by atoms with Crippen LogP contribution >= 0.6 is 11.3 Å². The zero-order valence-corrected chi connectivity index (χ0v) is 17.8. The molecular formula is C23H21N3O4S. The molecule has 1 N–H and O–H groups in total. The van der Waals surface area contributed by atoms with Crippen molar-refractivity contribution in [3.63, 3.8) is 0 Å². The molecule has 1 aromatic heterocycles. The minimum absolute atomic E-state index is 0.0151. The van der Waals surface area contributed by atoms with Gasteiger partial charge >= 0.3 is 0 Å². The number of nitrogens with one attached hydrogen (secondary N) is 1. The van der Waals surface area contributed by atoms with Crippen LogP contribution in [0.2, 0.25) is 0 Å².